The minimum Gasteiger partial charge on any atom is -0.508 e. The van der Waals surface area contributed by atoms with Crippen molar-refractivity contribution in [3.63, 3.8) is 0 Å². The second kappa shape index (κ2) is 5.98. The van der Waals surface area contributed by atoms with E-state index in [0.717, 1.165) is 11.4 Å². The molecular formula is C15H16N4O3. The van der Waals surface area contributed by atoms with Crippen molar-refractivity contribution < 1.29 is 14.4 Å². The standard InChI is InChI=1S/C15H16N4O3/c1-3-13-17-15(22-18-13)14-12(8-21-2)19(9-16-14)10-5-4-6-11(20)7-10/h4-7,9,20H,3,8H2,1-2H3. The number of hydrogen-bond donors (Lipinski definition) is 1. The molecule has 22 heavy (non-hydrogen) atoms. The van der Waals surface area contributed by atoms with E-state index in [0.29, 0.717) is 30.4 Å². The third-order valence-electron chi connectivity index (χ3n) is 3.24. The van der Waals surface area contributed by atoms with Gasteiger partial charge < -0.3 is 14.4 Å². The van der Waals surface area contributed by atoms with Crippen LogP contribution in [-0.2, 0) is 17.8 Å². The first-order valence-electron chi connectivity index (χ1n) is 6.90. The molecule has 7 nitrogen and oxygen atoms in total. The molecule has 0 aliphatic rings. The molecule has 3 aromatic rings. The summed E-state index contributed by atoms with van der Waals surface area (Å²) < 4.78 is 12.3. The van der Waals surface area contributed by atoms with Crippen molar-refractivity contribution in [3.8, 4) is 23.0 Å². The minimum absolute atomic E-state index is 0.183. The van der Waals surface area contributed by atoms with E-state index in [1.54, 1.807) is 31.6 Å². The summed E-state index contributed by atoms with van der Waals surface area (Å²) in [4.78, 5) is 8.67. The lowest BCUT2D eigenvalue weighted by molar-refractivity contribution is 0.180. The van der Waals surface area contributed by atoms with Gasteiger partial charge >= 0.3 is 0 Å². The summed E-state index contributed by atoms with van der Waals surface area (Å²) in [5.74, 6) is 1.18. The number of nitrogens with zero attached hydrogens (tertiary/aromatic N) is 4. The summed E-state index contributed by atoms with van der Waals surface area (Å²) >= 11 is 0. The van der Waals surface area contributed by atoms with Crippen molar-refractivity contribution >= 4 is 0 Å². The van der Waals surface area contributed by atoms with Crippen molar-refractivity contribution in [1.82, 2.24) is 19.7 Å². The first-order chi connectivity index (χ1) is 10.7. The van der Waals surface area contributed by atoms with Gasteiger partial charge in [0.25, 0.3) is 5.89 Å². The molecule has 0 saturated heterocycles. The first-order valence-corrected chi connectivity index (χ1v) is 6.90. The fraction of sp³-hybridized carbons (Fsp3) is 0.267. The summed E-state index contributed by atoms with van der Waals surface area (Å²) in [6, 6.07) is 6.90. The highest BCUT2D eigenvalue weighted by atomic mass is 16.5. The van der Waals surface area contributed by atoms with Gasteiger partial charge in [-0.15, -0.1) is 0 Å². The smallest absolute Gasteiger partial charge is 0.278 e. The number of aromatic hydroxyl groups is 1. The largest absolute Gasteiger partial charge is 0.508 e. The maximum atomic E-state index is 9.65. The van der Waals surface area contributed by atoms with Crippen LogP contribution in [-0.4, -0.2) is 31.9 Å². The van der Waals surface area contributed by atoms with E-state index in [1.165, 1.54) is 0 Å². The number of methoxy groups -OCH3 is 1. The van der Waals surface area contributed by atoms with Crippen LogP contribution in [0, 0.1) is 0 Å². The van der Waals surface area contributed by atoms with E-state index in [2.05, 4.69) is 15.1 Å². The van der Waals surface area contributed by atoms with E-state index >= 15 is 0 Å². The highest BCUT2D eigenvalue weighted by molar-refractivity contribution is 5.54. The van der Waals surface area contributed by atoms with E-state index in [-0.39, 0.29) is 5.75 Å². The Hall–Kier alpha value is -2.67. The van der Waals surface area contributed by atoms with Gasteiger partial charge in [0.1, 0.15) is 12.1 Å². The van der Waals surface area contributed by atoms with Crippen molar-refractivity contribution in [2.24, 2.45) is 0 Å². The summed E-state index contributed by atoms with van der Waals surface area (Å²) in [5.41, 5.74) is 2.14. The number of aromatic nitrogens is 4. The Morgan fingerprint density at radius 1 is 1.36 bits per heavy atom. The molecule has 0 spiro atoms. The monoisotopic (exact) mass is 300 g/mol. The van der Waals surface area contributed by atoms with Crippen LogP contribution in [0.15, 0.2) is 35.1 Å². The van der Waals surface area contributed by atoms with Crippen LogP contribution >= 0.6 is 0 Å². The Kier molecular flexibility index (Phi) is 3.88. The molecule has 0 unspecified atom stereocenters. The predicted octanol–water partition coefficient (Wildman–Crippen LogP) is 2.34. The van der Waals surface area contributed by atoms with Gasteiger partial charge in [0.15, 0.2) is 11.5 Å². The lowest BCUT2D eigenvalue weighted by Crippen LogP contribution is -2.01. The van der Waals surface area contributed by atoms with Crippen molar-refractivity contribution in [2.75, 3.05) is 7.11 Å². The topological polar surface area (TPSA) is 86.2 Å². The lowest BCUT2D eigenvalue weighted by atomic mass is 10.2. The zero-order chi connectivity index (χ0) is 15.5. The Morgan fingerprint density at radius 3 is 2.91 bits per heavy atom. The molecule has 0 aliphatic heterocycles. The average molecular weight is 300 g/mol. The third-order valence-corrected chi connectivity index (χ3v) is 3.24. The average Bonchev–Trinajstić information content (AvgIpc) is 3.14. The van der Waals surface area contributed by atoms with E-state index in [9.17, 15) is 5.11 Å². The van der Waals surface area contributed by atoms with Gasteiger partial charge in [-0.25, -0.2) is 4.98 Å². The van der Waals surface area contributed by atoms with E-state index < -0.39 is 0 Å². The van der Waals surface area contributed by atoms with Crippen molar-refractivity contribution in [1.29, 1.82) is 0 Å². The van der Waals surface area contributed by atoms with Crippen LogP contribution in [0.5, 0.6) is 5.75 Å². The van der Waals surface area contributed by atoms with E-state index in [1.807, 2.05) is 17.6 Å². The Labute approximate surface area is 127 Å². The number of hydrogen-bond acceptors (Lipinski definition) is 6. The molecule has 0 bridgehead atoms. The molecule has 0 amide bonds. The fourth-order valence-electron chi connectivity index (χ4n) is 2.19. The van der Waals surface area contributed by atoms with Crippen LogP contribution in [0.2, 0.25) is 0 Å². The molecule has 1 aromatic carbocycles. The Morgan fingerprint density at radius 2 is 2.23 bits per heavy atom. The number of aryl methyl sites for hydroxylation is 1. The molecule has 0 aliphatic carbocycles. The van der Waals surface area contributed by atoms with Gasteiger partial charge in [-0.1, -0.05) is 18.1 Å². The molecule has 0 radical (unpaired) electrons. The number of phenolic OH excluding ortho intramolecular Hbond substituents is 1. The molecule has 114 valence electrons. The number of benzene rings is 1. The van der Waals surface area contributed by atoms with Crippen molar-refractivity contribution in [2.45, 2.75) is 20.0 Å². The molecule has 3 rings (SSSR count). The maximum Gasteiger partial charge on any atom is 0.278 e. The van der Waals surface area contributed by atoms with Gasteiger partial charge in [0.05, 0.1) is 18.0 Å². The summed E-state index contributed by atoms with van der Waals surface area (Å²) in [5, 5.41) is 13.5. The van der Waals surface area contributed by atoms with Gasteiger partial charge in [0.2, 0.25) is 0 Å². The molecular weight excluding hydrogens is 284 g/mol. The fourth-order valence-corrected chi connectivity index (χ4v) is 2.19. The summed E-state index contributed by atoms with van der Waals surface area (Å²) in [7, 11) is 1.61. The minimum atomic E-state index is 0.183. The molecule has 0 saturated carbocycles. The normalized spacial score (nSPS) is 11.0. The van der Waals surface area contributed by atoms with E-state index in [4.69, 9.17) is 9.26 Å². The summed E-state index contributed by atoms with van der Waals surface area (Å²) in [6.07, 6.45) is 2.34. The Bertz CT molecular complexity index is 779. The molecule has 0 fully saturated rings. The molecule has 1 N–H and O–H groups in total. The number of phenols is 1. The SMILES string of the molecule is CCc1noc(-c2ncn(-c3cccc(O)c3)c2COC)n1. The molecule has 2 heterocycles. The lowest BCUT2D eigenvalue weighted by Gasteiger charge is -2.08. The van der Waals surface area contributed by atoms with Gasteiger partial charge in [-0.3, -0.25) is 4.57 Å². The molecule has 2 aromatic heterocycles. The number of imidazole rings is 1. The van der Waals surface area contributed by atoms with Crippen molar-refractivity contribution in [3.05, 3.63) is 42.1 Å². The predicted molar refractivity (Wildman–Crippen MR) is 78.6 cm³/mol. The van der Waals surface area contributed by atoms with Crippen LogP contribution in [0.4, 0.5) is 0 Å². The quantitative estimate of drug-likeness (QED) is 0.778. The third kappa shape index (κ3) is 2.58. The van der Waals surface area contributed by atoms with Gasteiger partial charge in [-0.2, -0.15) is 4.98 Å². The molecule has 0 atom stereocenters. The summed E-state index contributed by atoms with van der Waals surface area (Å²) in [6.45, 7) is 2.28. The Balaban J connectivity index is 2.09. The maximum absolute atomic E-state index is 9.65. The van der Waals surface area contributed by atoms with Crippen LogP contribution in [0.1, 0.15) is 18.4 Å². The molecule has 7 heteroatoms. The zero-order valence-electron chi connectivity index (χ0n) is 12.4. The highest BCUT2D eigenvalue weighted by Crippen LogP contribution is 2.25. The second-order valence-electron chi connectivity index (χ2n) is 4.73. The first kappa shape index (κ1) is 14.3. The van der Waals surface area contributed by atoms with Gasteiger partial charge in [0, 0.05) is 19.6 Å². The number of ether oxygens (including phenoxy) is 1. The van der Waals surface area contributed by atoms with Crippen LogP contribution in [0.3, 0.4) is 0 Å². The second-order valence-corrected chi connectivity index (χ2v) is 4.73. The zero-order valence-corrected chi connectivity index (χ0v) is 12.4. The van der Waals surface area contributed by atoms with Crippen LogP contribution in [0.25, 0.3) is 17.3 Å². The highest BCUT2D eigenvalue weighted by Gasteiger charge is 2.19. The number of rotatable bonds is 5. The van der Waals surface area contributed by atoms with Gasteiger partial charge in [-0.05, 0) is 12.1 Å². The van der Waals surface area contributed by atoms with Crippen LogP contribution < -0.4 is 0 Å².